The first-order chi connectivity index (χ1) is 13.3. The Morgan fingerprint density at radius 1 is 1.18 bits per heavy atom. The molecule has 1 aliphatic carbocycles. The summed E-state index contributed by atoms with van der Waals surface area (Å²) in [6.45, 7) is 0.118. The summed E-state index contributed by atoms with van der Waals surface area (Å²) < 4.78 is 0. The molecule has 4 rings (SSSR count). The van der Waals surface area contributed by atoms with Crippen molar-refractivity contribution >= 4 is 29.6 Å². The number of carboxylic acids is 1. The molecule has 0 bridgehead atoms. The van der Waals surface area contributed by atoms with Crippen molar-refractivity contribution in [3.8, 4) is 0 Å². The van der Waals surface area contributed by atoms with Crippen LogP contribution < -0.4 is 10.6 Å². The molecule has 9 heteroatoms. The van der Waals surface area contributed by atoms with E-state index in [1.165, 1.54) is 4.90 Å². The second-order valence-electron chi connectivity index (χ2n) is 7.41. The van der Waals surface area contributed by atoms with Gasteiger partial charge in [-0.3, -0.25) is 29.3 Å². The molecule has 2 heterocycles. The zero-order valence-corrected chi connectivity index (χ0v) is 14.9. The van der Waals surface area contributed by atoms with E-state index in [9.17, 15) is 24.0 Å². The van der Waals surface area contributed by atoms with Gasteiger partial charge in [-0.05, 0) is 37.0 Å². The van der Waals surface area contributed by atoms with Crippen molar-refractivity contribution < 1.29 is 29.1 Å². The standard InChI is InChI=1S/C19H19N3O6/c23-15-5-4-14(17(25)21-15)22-8-13-11(2-1-3-12(13)18(22)26)16(24)20-10-6-9(7-10)19(27)28/h1-3,9-10,14H,4-8H2,(H,20,24)(H,27,28)(H,21,23,25). The molecule has 9 nitrogen and oxygen atoms in total. The van der Waals surface area contributed by atoms with Crippen LogP contribution in [0.2, 0.25) is 0 Å². The number of nitrogens with one attached hydrogen (secondary N) is 2. The zero-order valence-electron chi connectivity index (χ0n) is 14.9. The van der Waals surface area contributed by atoms with Gasteiger partial charge in [-0.1, -0.05) is 6.07 Å². The quantitative estimate of drug-likeness (QED) is 0.627. The van der Waals surface area contributed by atoms with Crippen LogP contribution in [0.3, 0.4) is 0 Å². The lowest BCUT2D eigenvalue weighted by atomic mass is 9.80. The third kappa shape index (κ3) is 3.02. The van der Waals surface area contributed by atoms with Gasteiger partial charge in [-0.2, -0.15) is 0 Å². The van der Waals surface area contributed by atoms with E-state index < -0.39 is 23.8 Å². The van der Waals surface area contributed by atoms with Gasteiger partial charge in [0.2, 0.25) is 11.8 Å². The highest BCUT2D eigenvalue weighted by Crippen LogP contribution is 2.31. The van der Waals surface area contributed by atoms with E-state index in [2.05, 4.69) is 10.6 Å². The first-order valence-corrected chi connectivity index (χ1v) is 9.15. The van der Waals surface area contributed by atoms with Gasteiger partial charge >= 0.3 is 5.97 Å². The molecule has 1 aromatic carbocycles. The summed E-state index contributed by atoms with van der Waals surface area (Å²) >= 11 is 0. The minimum atomic E-state index is -0.864. The van der Waals surface area contributed by atoms with Crippen molar-refractivity contribution in [2.75, 3.05) is 0 Å². The number of piperidine rings is 1. The minimum Gasteiger partial charge on any atom is -0.481 e. The summed E-state index contributed by atoms with van der Waals surface area (Å²) in [5.74, 6) is -2.85. The monoisotopic (exact) mass is 385 g/mol. The van der Waals surface area contributed by atoms with Crippen molar-refractivity contribution in [2.45, 2.75) is 44.3 Å². The maximum absolute atomic E-state index is 12.8. The van der Waals surface area contributed by atoms with Crippen LogP contribution in [0.25, 0.3) is 0 Å². The predicted molar refractivity (Wildman–Crippen MR) is 94.1 cm³/mol. The van der Waals surface area contributed by atoms with E-state index in [1.54, 1.807) is 18.2 Å². The van der Waals surface area contributed by atoms with Crippen LogP contribution in [0.4, 0.5) is 0 Å². The van der Waals surface area contributed by atoms with Crippen molar-refractivity contribution in [3.63, 3.8) is 0 Å². The van der Waals surface area contributed by atoms with Crippen LogP contribution in [0.1, 0.15) is 52.0 Å². The number of carbonyl (C=O) groups excluding carboxylic acids is 4. The number of fused-ring (bicyclic) bond motifs is 1. The van der Waals surface area contributed by atoms with E-state index in [-0.39, 0.29) is 43.1 Å². The molecular weight excluding hydrogens is 366 g/mol. The van der Waals surface area contributed by atoms with E-state index >= 15 is 0 Å². The van der Waals surface area contributed by atoms with Gasteiger partial charge < -0.3 is 15.3 Å². The highest BCUT2D eigenvalue weighted by molar-refractivity contribution is 6.07. The van der Waals surface area contributed by atoms with Crippen LogP contribution in [-0.4, -0.2) is 51.7 Å². The van der Waals surface area contributed by atoms with Gasteiger partial charge in [-0.25, -0.2) is 0 Å². The molecule has 4 amide bonds. The molecular formula is C19H19N3O6. The SMILES string of the molecule is O=C1CCC(N2Cc3c(C(=O)NC4CC(C(=O)O)C4)cccc3C2=O)C(=O)N1. The summed E-state index contributed by atoms with van der Waals surface area (Å²) in [5.41, 5.74) is 1.26. The minimum absolute atomic E-state index is 0.118. The lowest BCUT2D eigenvalue weighted by Crippen LogP contribution is -2.52. The molecule has 28 heavy (non-hydrogen) atoms. The van der Waals surface area contributed by atoms with Crippen molar-refractivity contribution in [1.82, 2.24) is 15.5 Å². The van der Waals surface area contributed by atoms with E-state index in [1.807, 2.05) is 0 Å². The highest BCUT2D eigenvalue weighted by atomic mass is 16.4. The Balaban J connectivity index is 1.50. The molecule has 1 unspecified atom stereocenters. The molecule has 1 saturated heterocycles. The number of rotatable bonds is 4. The second-order valence-corrected chi connectivity index (χ2v) is 7.41. The van der Waals surface area contributed by atoms with Crippen LogP contribution >= 0.6 is 0 Å². The Hall–Kier alpha value is -3.23. The van der Waals surface area contributed by atoms with Crippen LogP contribution in [0.15, 0.2) is 18.2 Å². The Bertz CT molecular complexity index is 905. The van der Waals surface area contributed by atoms with E-state index in [0.29, 0.717) is 29.5 Å². The zero-order chi connectivity index (χ0) is 20.0. The topological polar surface area (TPSA) is 133 Å². The molecule has 146 valence electrons. The number of benzene rings is 1. The number of hydrogen-bond acceptors (Lipinski definition) is 5. The fraction of sp³-hybridized carbons (Fsp3) is 0.421. The Morgan fingerprint density at radius 3 is 2.61 bits per heavy atom. The molecule has 0 aromatic heterocycles. The average Bonchev–Trinajstić information content (AvgIpc) is 2.94. The largest absolute Gasteiger partial charge is 0.481 e. The van der Waals surface area contributed by atoms with Crippen LogP contribution in [0.5, 0.6) is 0 Å². The molecule has 3 N–H and O–H groups in total. The lowest BCUT2D eigenvalue weighted by Gasteiger charge is -2.33. The van der Waals surface area contributed by atoms with E-state index in [4.69, 9.17) is 5.11 Å². The van der Waals surface area contributed by atoms with Gasteiger partial charge in [0.15, 0.2) is 0 Å². The average molecular weight is 385 g/mol. The third-order valence-corrected chi connectivity index (χ3v) is 5.65. The number of carbonyl (C=O) groups is 5. The maximum Gasteiger partial charge on any atom is 0.306 e. The van der Waals surface area contributed by atoms with Crippen LogP contribution in [0, 0.1) is 5.92 Å². The Kier molecular flexibility index (Phi) is 4.37. The number of amides is 4. The van der Waals surface area contributed by atoms with Gasteiger partial charge in [0, 0.05) is 30.1 Å². The molecule has 2 fully saturated rings. The molecule has 0 radical (unpaired) electrons. The first-order valence-electron chi connectivity index (χ1n) is 9.15. The normalized spacial score (nSPS) is 26.4. The summed E-state index contributed by atoms with van der Waals surface area (Å²) in [6.07, 6.45) is 1.19. The fourth-order valence-corrected chi connectivity index (χ4v) is 4.00. The molecule has 1 atom stereocenters. The van der Waals surface area contributed by atoms with Gasteiger partial charge in [0.25, 0.3) is 11.8 Å². The van der Waals surface area contributed by atoms with Crippen molar-refractivity contribution in [2.24, 2.45) is 5.92 Å². The highest BCUT2D eigenvalue weighted by Gasteiger charge is 2.41. The number of hydrogen-bond donors (Lipinski definition) is 3. The predicted octanol–water partition coefficient (Wildman–Crippen LogP) is 0.0406. The lowest BCUT2D eigenvalue weighted by molar-refractivity contribution is -0.145. The molecule has 1 aromatic rings. The van der Waals surface area contributed by atoms with Crippen molar-refractivity contribution in [1.29, 1.82) is 0 Å². The summed E-state index contributed by atoms with van der Waals surface area (Å²) in [5, 5.41) is 14.0. The molecule has 2 aliphatic heterocycles. The third-order valence-electron chi connectivity index (χ3n) is 5.65. The first kappa shape index (κ1) is 18.1. The van der Waals surface area contributed by atoms with Gasteiger partial charge in [0.05, 0.1) is 5.92 Å². The summed E-state index contributed by atoms with van der Waals surface area (Å²) in [4.78, 5) is 61.2. The van der Waals surface area contributed by atoms with Gasteiger partial charge in [-0.15, -0.1) is 0 Å². The Morgan fingerprint density at radius 2 is 1.93 bits per heavy atom. The summed E-state index contributed by atoms with van der Waals surface area (Å²) in [7, 11) is 0. The second kappa shape index (κ2) is 6.74. The maximum atomic E-state index is 12.8. The van der Waals surface area contributed by atoms with Crippen molar-refractivity contribution in [3.05, 3.63) is 34.9 Å². The number of imide groups is 1. The van der Waals surface area contributed by atoms with Gasteiger partial charge in [0.1, 0.15) is 6.04 Å². The fourth-order valence-electron chi connectivity index (χ4n) is 4.00. The number of nitrogens with zero attached hydrogens (tertiary/aromatic N) is 1. The van der Waals surface area contributed by atoms with Crippen LogP contribution in [-0.2, 0) is 20.9 Å². The number of carboxylic acid groups (broad SMARTS) is 1. The smallest absolute Gasteiger partial charge is 0.306 e. The molecule has 1 saturated carbocycles. The summed E-state index contributed by atoms with van der Waals surface area (Å²) in [6, 6.07) is 3.90. The van der Waals surface area contributed by atoms with E-state index in [0.717, 1.165) is 0 Å². The number of aliphatic carboxylic acids is 1. The molecule has 0 spiro atoms. The molecule has 3 aliphatic rings. The Labute approximate surface area is 160 Å².